The number of nitrogens with zero attached hydrogens (tertiary/aromatic N) is 4. The van der Waals surface area contributed by atoms with Crippen LogP contribution in [-0.4, -0.2) is 26.5 Å². The van der Waals surface area contributed by atoms with Gasteiger partial charge in [-0.25, -0.2) is 9.48 Å². The van der Waals surface area contributed by atoms with Gasteiger partial charge in [-0.15, -0.1) is 5.10 Å². The van der Waals surface area contributed by atoms with Crippen LogP contribution in [0.25, 0.3) is 27.9 Å². The van der Waals surface area contributed by atoms with Crippen LogP contribution in [0.3, 0.4) is 0 Å². The number of hydrogen-bond donors (Lipinski definition) is 0. The van der Waals surface area contributed by atoms with E-state index in [9.17, 15) is 18.0 Å². The molecule has 0 spiro atoms. The number of hydrogen-bond acceptors (Lipinski definition) is 4. The van der Waals surface area contributed by atoms with Crippen LogP contribution in [0.1, 0.15) is 11.1 Å². The summed E-state index contributed by atoms with van der Waals surface area (Å²) in [6.45, 7) is -0.0190. The number of benzene rings is 3. The molecule has 2 aromatic heterocycles. The largest absolute Gasteiger partial charge is 0.497 e. The zero-order valence-electron chi connectivity index (χ0n) is 18.8. The summed E-state index contributed by atoms with van der Waals surface area (Å²) in [5, 5.41) is 9.41. The molecule has 2 heterocycles. The van der Waals surface area contributed by atoms with E-state index < -0.39 is 17.4 Å². The van der Waals surface area contributed by atoms with E-state index in [2.05, 4.69) is 10.2 Å². The third-order valence-electron chi connectivity index (χ3n) is 5.74. The zero-order valence-corrected chi connectivity index (χ0v) is 19.6. The summed E-state index contributed by atoms with van der Waals surface area (Å²) < 4.78 is 46.5. The molecule has 0 radical (unpaired) electrons. The Labute approximate surface area is 208 Å². The van der Waals surface area contributed by atoms with Crippen LogP contribution in [0, 0.1) is 0 Å². The molecule has 0 aliphatic carbocycles. The molecule has 5 aromatic rings. The minimum atomic E-state index is -4.44. The quantitative estimate of drug-likeness (QED) is 0.293. The second-order valence-corrected chi connectivity index (χ2v) is 8.48. The van der Waals surface area contributed by atoms with E-state index in [-0.39, 0.29) is 6.54 Å². The monoisotopic (exact) mass is 510 g/mol. The first-order valence-electron chi connectivity index (χ1n) is 10.8. The lowest BCUT2D eigenvalue weighted by molar-refractivity contribution is -0.137. The van der Waals surface area contributed by atoms with Crippen molar-refractivity contribution in [3.05, 3.63) is 106 Å². The summed E-state index contributed by atoms with van der Waals surface area (Å²) in [4.78, 5) is 13.1. The van der Waals surface area contributed by atoms with Crippen molar-refractivity contribution in [2.45, 2.75) is 12.7 Å². The van der Waals surface area contributed by atoms with Crippen molar-refractivity contribution in [3.63, 3.8) is 0 Å². The van der Waals surface area contributed by atoms with Crippen molar-refractivity contribution in [2.24, 2.45) is 0 Å². The zero-order chi connectivity index (χ0) is 25.4. The summed E-state index contributed by atoms with van der Waals surface area (Å²) in [5.41, 5.74) is 2.45. The van der Waals surface area contributed by atoms with Crippen LogP contribution in [0.2, 0.25) is 5.02 Å². The predicted molar refractivity (Wildman–Crippen MR) is 130 cm³/mol. The fraction of sp³-hybridized carbons (Fsp3) is 0.115. The van der Waals surface area contributed by atoms with Gasteiger partial charge in [-0.1, -0.05) is 48.0 Å². The maximum atomic E-state index is 13.1. The van der Waals surface area contributed by atoms with Gasteiger partial charge >= 0.3 is 11.9 Å². The number of fused-ring (bicyclic) bond motifs is 1. The number of aromatic nitrogens is 4. The van der Waals surface area contributed by atoms with Crippen LogP contribution in [0.4, 0.5) is 13.2 Å². The summed E-state index contributed by atoms with van der Waals surface area (Å²) >= 11 is 6.10. The van der Waals surface area contributed by atoms with Crippen LogP contribution < -0.4 is 10.4 Å². The predicted octanol–water partition coefficient (Wildman–Crippen LogP) is 5.95. The van der Waals surface area contributed by atoms with E-state index in [0.29, 0.717) is 27.5 Å². The van der Waals surface area contributed by atoms with E-state index >= 15 is 0 Å². The highest BCUT2D eigenvalue weighted by Crippen LogP contribution is 2.36. The van der Waals surface area contributed by atoms with E-state index in [1.54, 1.807) is 25.4 Å². The molecule has 36 heavy (non-hydrogen) atoms. The van der Waals surface area contributed by atoms with Gasteiger partial charge in [-0.3, -0.25) is 0 Å². The number of ether oxygens (including phenoxy) is 1. The average Bonchev–Trinajstić information content (AvgIpc) is 3.19. The molecule has 0 fully saturated rings. The highest BCUT2D eigenvalue weighted by atomic mass is 35.5. The van der Waals surface area contributed by atoms with E-state index in [4.69, 9.17) is 16.3 Å². The van der Waals surface area contributed by atoms with Crippen molar-refractivity contribution < 1.29 is 17.9 Å². The molecule has 0 saturated carbocycles. The number of methoxy groups -OCH3 is 1. The molecule has 3 aromatic carbocycles. The average molecular weight is 511 g/mol. The molecule has 10 heteroatoms. The van der Waals surface area contributed by atoms with Crippen molar-refractivity contribution in [1.29, 1.82) is 0 Å². The van der Waals surface area contributed by atoms with Crippen molar-refractivity contribution in [3.8, 4) is 28.0 Å². The second-order valence-electron chi connectivity index (χ2n) is 8.04. The van der Waals surface area contributed by atoms with Gasteiger partial charge in [0.15, 0.2) is 5.65 Å². The van der Waals surface area contributed by atoms with Gasteiger partial charge in [0, 0.05) is 16.1 Å². The lowest BCUT2D eigenvalue weighted by atomic mass is 9.97. The van der Waals surface area contributed by atoms with Gasteiger partial charge in [0.25, 0.3) is 0 Å². The fourth-order valence-electron chi connectivity index (χ4n) is 3.95. The van der Waals surface area contributed by atoms with Crippen molar-refractivity contribution in [2.75, 3.05) is 7.11 Å². The topological polar surface area (TPSA) is 61.4 Å². The molecular formula is C26H18ClF3N4O2. The Hall–Kier alpha value is -4.11. The molecule has 182 valence electrons. The minimum absolute atomic E-state index is 0.0190. The number of rotatable bonds is 5. The first kappa shape index (κ1) is 23.6. The molecule has 0 aliphatic rings. The van der Waals surface area contributed by atoms with Gasteiger partial charge in [-0.05, 0) is 53.1 Å². The standard InChI is InChI=1S/C26H18ClF3N4O2/c1-36-21-4-2-3-18(13-21)22-14-31-34-24(23(22)17-7-11-20(27)12-8-17)32-33(25(34)35)15-16-5-9-19(10-6-16)26(28,29)30/h2-14H,15H2,1H3. The van der Waals surface area contributed by atoms with Crippen molar-refractivity contribution in [1.82, 2.24) is 19.4 Å². The van der Waals surface area contributed by atoms with Crippen molar-refractivity contribution >= 4 is 17.2 Å². The maximum absolute atomic E-state index is 13.1. The third kappa shape index (κ3) is 4.45. The Morgan fingerprint density at radius 2 is 1.69 bits per heavy atom. The normalized spacial score (nSPS) is 11.7. The van der Waals surface area contributed by atoms with Gasteiger partial charge in [0.2, 0.25) is 0 Å². The Morgan fingerprint density at radius 1 is 0.972 bits per heavy atom. The highest BCUT2D eigenvalue weighted by molar-refractivity contribution is 6.30. The van der Waals surface area contributed by atoms with E-state index in [1.807, 2.05) is 36.4 Å². The Kier molecular flexibility index (Phi) is 6.01. The number of halogens is 4. The molecule has 5 rings (SSSR count). The molecule has 0 bridgehead atoms. The summed E-state index contributed by atoms with van der Waals surface area (Å²) in [6.07, 6.45) is -2.86. The van der Waals surface area contributed by atoms with Crippen LogP contribution >= 0.6 is 11.6 Å². The lowest BCUT2D eigenvalue weighted by Gasteiger charge is -2.11. The van der Waals surface area contributed by atoms with E-state index in [1.165, 1.54) is 21.3 Å². The highest BCUT2D eigenvalue weighted by Gasteiger charge is 2.30. The SMILES string of the molecule is COc1cccc(-c2cnn3c(=O)n(Cc4ccc(C(F)(F)F)cc4)nc3c2-c2ccc(Cl)cc2)c1. The molecule has 0 saturated heterocycles. The molecule has 0 N–H and O–H groups in total. The Bertz CT molecular complexity index is 1610. The molecule has 0 aliphatic heterocycles. The maximum Gasteiger partial charge on any atom is 0.416 e. The van der Waals surface area contributed by atoms with Gasteiger partial charge < -0.3 is 4.74 Å². The van der Waals surface area contributed by atoms with Crippen LogP contribution in [-0.2, 0) is 12.7 Å². The Balaban J connectivity index is 1.66. The minimum Gasteiger partial charge on any atom is -0.497 e. The molecule has 0 atom stereocenters. The van der Waals surface area contributed by atoms with Crippen LogP contribution in [0.5, 0.6) is 5.75 Å². The first-order chi connectivity index (χ1) is 17.2. The molecule has 0 amide bonds. The Morgan fingerprint density at radius 3 is 2.36 bits per heavy atom. The summed E-state index contributed by atoms with van der Waals surface area (Å²) in [6, 6.07) is 19.1. The van der Waals surface area contributed by atoms with Gasteiger partial charge in [-0.2, -0.15) is 22.8 Å². The third-order valence-corrected chi connectivity index (χ3v) is 5.99. The summed E-state index contributed by atoms with van der Waals surface area (Å²) in [5.74, 6) is 0.652. The molecule has 0 unspecified atom stereocenters. The number of alkyl halides is 3. The fourth-order valence-corrected chi connectivity index (χ4v) is 4.07. The van der Waals surface area contributed by atoms with E-state index in [0.717, 1.165) is 28.8 Å². The molecule has 6 nitrogen and oxygen atoms in total. The first-order valence-corrected chi connectivity index (χ1v) is 11.2. The van der Waals surface area contributed by atoms with Crippen LogP contribution in [0.15, 0.2) is 83.8 Å². The lowest BCUT2D eigenvalue weighted by Crippen LogP contribution is -2.23. The smallest absolute Gasteiger partial charge is 0.416 e. The van der Waals surface area contributed by atoms with Gasteiger partial charge in [0.05, 0.1) is 25.4 Å². The second kappa shape index (κ2) is 9.16. The molecular weight excluding hydrogens is 493 g/mol. The van der Waals surface area contributed by atoms with Gasteiger partial charge in [0.1, 0.15) is 5.75 Å². The summed E-state index contributed by atoms with van der Waals surface area (Å²) in [7, 11) is 1.57.